The van der Waals surface area contributed by atoms with Crippen molar-refractivity contribution in [3.63, 3.8) is 0 Å². The molecule has 6 nitrogen and oxygen atoms in total. The highest BCUT2D eigenvalue weighted by molar-refractivity contribution is 5.73. The highest BCUT2D eigenvalue weighted by Gasteiger charge is 2.16. The molecule has 2 heterocycles. The maximum atomic E-state index is 11.7. The van der Waals surface area contributed by atoms with Crippen LogP contribution in [0, 0.1) is 0 Å². The lowest BCUT2D eigenvalue weighted by atomic mass is 10.2. The summed E-state index contributed by atoms with van der Waals surface area (Å²) in [4.78, 5) is 16.7. The highest BCUT2D eigenvalue weighted by Crippen LogP contribution is 2.08. The Hall–Kier alpha value is -2.31. The van der Waals surface area contributed by atoms with E-state index in [-0.39, 0.29) is 6.03 Å². The van der Waals surface area contributed by atoms with Crippen LogP contribution in [0.25, 0.3) is 0 Å². The summed E-state index contributed by atoms with van der Waals surface area (Å²) in [5.74, 6) is 0.758. The molecule has 2 amide bonds. The van der Waals surface area contributed by atoms with Crippen molar-refractivity contribution < 1.29 is 9.21 Å². The predicted octanol–water partition coefficient (Wildman–Crippen LogP) is 2.29. The van der Waals surface area contributed by atoms with Crippen molar-refractivity contribution in [2.75, 3.05) is 39.3 Å². The lowest BCUT2D eigenvalue weighted by Gasteiger charge is -2.34. The number of benzene rings is 1. The van der Waals surface area contributed by atoms with Crippen LogP contribution >= 0.6 is 0 Å². The normalized spacial score (nSPS) is 15.7. The molecule has 0 bridgehead atoms. The smallest absolute Gasteiger partial charge is 0.315 e. The molecule has 0 unspecified atom stereocenters. The van der Waals surface area contributed by atoms with E-state index < -0.39 is 0 Å². The van der Waals surface area contributed by atoms with Gasteiger partial charge < -0.3 is 20.0 Å². The zero-order chi connectivity index (χ0) is 18.0. The molecule has 1 aromatic carbocycles. The third-order valence-electron chi connectivity index (χ3n) is 4.65. The van der Waals surface area contributed by atoms with E-state index >= 15 is 0 Å². The Labute approximate surface area is 155 Å². The Morgan fingerprint density at radius 3 is 2.46 bits per heavy atom. The number of carbonyl (C=O) groups is 1. The molecule has 26 heavy (non-hydrogen) atoms. The van der Waals surface area contributed by atoms with E-state index in [1.165, 1.54) is 5.56 Å². The summed E-state index contributed by atoms with van der Waals surface area (Å²) in [6.45, 7) is 7.56. The van der Waals surface area contributed by atoms with E-state index in [1.807, 2.05) is 12.1 Å². The van der Waals surface area contributed by atoms with Gasteiger partial charge in [-0.15, -0.1) is 0 Å². The van der Waals surface area contributed by atoms with Gasteiger partial charge in [0.15, 0.2) is 0 Å². The molecule has 0 radical (unpaired) electrons. The Kier molecular flexibility index (Phi) is 7.10. The number of furan rings is 1. The maximum absolute atomic E-state index is 11.7. The van der Waals surface area contributed by atoms with Gasteiger partial charge in [-0.25, -0.2) is 4.79 Å². The van der Waals surface area contributed by atoms with Gasteiger partial charge >= 0.3 is 6.03 Å². The SMILES string of the molecule is O=C(NCCCN1CCN(Cc2ccccc2)CC1)NCc1ccco1. The summed E-state index contributed by atoms with van der Waals surface area (Å²) in [5.41, 5.74) is 1.38. The summed E-state index contributed by atoms with van der Waals surface area (Å²) in [6, 6.07) is 14.2. The van der Waals surface area contributed by atoms with Gasteiger partial charge in [0.2, 0.25) is 0 Å². The monoisotopic (exact) mass is 356 g/mol. The second-order valence-corrected chi connectivity index (χ2v) is 6.65. The summed E-state index contributed by atoms with van der Waals surface area (Å²) in [6.07, 6.45) is 2.57. The van der Waals surface area contributed by atoms with Crippen LogP contribution in [0.2, 0.25) is 0 Å². The molecule has 1 aliphatic rings. The number of piperazine rings is 1. The molecular weight excluding hydrogens is 328 g/mol. The summed E-state index contributed by atoms with van der Waals surface area (Å²) >= 11 is 0. The summed E-state index contributed by atoms with van der Waals surface area (Å²) in [7, 11) is 0. The van der Waals surface area contributed by atoms with Crippen LogP contribution in [-0.4, -0.2) is 55.1 Å². The van der Waals surface area contributed by atoms with Crippen molar-refractivity contribution >= 4 is 6.03 Å². The fourth-order valence-corrected chi connectivity index (χ4v) is 3.16. The molecule has 0 saturated carbocycles. The van der Waals surface area contributed by atoms with Crippen LogP contribution < -0.4 is 10.6 Å². The fourth-order valence-electron chi connectivity index (χ4n) is 3.16. The Morgan fingerprint density at radius 2 is 1.73 bits per heavy atom. The molecule has 0 spiro atoms. The summed E-state index contributed by atoms with van der Waals surface area (Å²) < 4.78 is 5.18. The van der Waals surface area contributed by atoms with Crippen molar-refractivity contribution in [1.82, 2.24) is 20.4 Å². The molecule has 140 valence electrons. The van der Waals surface area contributed by atoms with Gasteiger partial charge in [-0.2, -0.15) is 0 Å². The first-order valence-electron chi connectivity index (χ1n) is 9.32. The third kappa shape index (κ3) is 6.20. The molecule has 2 N–H and O–H groups in total. The van der Waals surface area contributed by atoms with E-state index in [9.17, 15) is 4.79 Å². The lowest BCUT2D eigenvalue weighted by Crippen LogP contribution is -2.46. The number of nitrogens with one attached hydrogen (secondary N) is 2. The number of nitrogens with zero attached hydrogens (tertiary/aromatic N) is 2. The van der Waals surface area contributed by atoms with Crippen LogP contribution in [0.15, 0.2) is 53.1 Å². The van der Waals surface area contributed by atoms with Gasteiger partial charge in [-0.1, -0.05) is 30.3 Å². The average molecular weight is 356 g/mol. The van der Waals surface area contributed by atoms with Crippen LogP contribution in [0.1, 0.15) is 17.7 Å². The van der Waals surface area contributed by atoms with E-state index in [4.69, 9.17) is 4.42 Å². The van der Waals surface area contributed by atoms with E-state index in [1.54, 1.807) is 6.26 Å². The standard InChI is InChI=1S/C20H28N4O2/c25-20(22-16-19-8-4-15-26-19)21-9-5-10-23-11-13-24(14-12-23)17-18-6-2-1-3-7-18/h1-4,6-8,15H,5,9-14,16-17H2,(H2,21,22,25). The summed E-state index contributed by atoms with van der Waals surface area (Å²) in [5, 5.41) is 5.69. The first-order chi connectivity index (χ1) is 12.8. The molecule has 1 aliphatic heterocycles. The Morgan fingerprint density at radius 1 is 0.962 bits per heavy atom. The number of amides is 2. The fraction of sp³-hybridized carbons (Fsp3) is 0.450. The van der Waals surface area contributed by atoms with Crippen molar-refractivity contribution in [1.29, 1.82) is 0 Å². The van der Waals surface area contributed by atoms with Crippen molar-refractivity contribution in [2.45, 2.75) is 19.5 Å². The minimum absolute atomic E-state index is 0.144. The molecule has 1 saturated heterocycles. The second-order valence-electron chi connectivity index (χ2n) is 6.65. The van der Waals surface area contributed by atoms with Crippen molar-refractivity contribution in [3.8, 4) is 0 Å². The largest absolute Gasteiger partial charge is 0.467 e. The number of hydrogen-bond acceptors (Lipinski definition) is 4. The lowest BCUT2D eigenvalue weighted by molar-refractivity contribution is 0.126. The van der Waals surface area contributed by atoms with Gasteiger partial charge in [0, 0.05) is 39.3 Å². The zero-order valence-electron chi connectivity index (χ0n) is 15.2. The molecule has 2 aromatic rings. The van der Waals surface area contributed by atoms with Crippen molar-refractivity contribution in [3.05, 3.63) is 60.1 Å². The van der Waals surface area contributed by atoms with Crippen LogP contribution in [-0.2, 0) is 13.1 Å². The van der Waals surface area contributed by atoms with E-state index in [0.717, 1.165) is 51.4 Å². The average Bonchev–Trinajstić information content (AvgIpc) is 3.19. The molecule has 0 aliphatic carbocycles. The van der Waals surface area contributed by atoms with Gasteiger partial charge in [0.05, 0.1) is 12.8 Å². The molecule has 1 fully saturated rings. The minimum atomic E-state index is -0.144. The predicted molar refractivity (Wildman–Crippen MR) is 102 cm³/mol. The highest BCUT2D eigenvalue weighted by atomic mass is 16.3. The molecule has 1 aromatic heterocycles. The molecule has 3 rings (SSSR count). The molecule has 0 atom stereocenters. The minimum Gasteiger partial charge on any atom is -0.467 e. The van der Waals surface area contributed by atoms with Gasteiger partial charge in [0.25, 0.3) is 0 Å². The third-order valence-corrected chi connectivity index (χ3v) is 4.65. The van der Waals surface area contributed by atoms with Crippen LogP contribution in [0.5, 0.6) is 0 Å². The van der Waals surface area contributed by atoms with E-state index in [0.29, 0.717) is 13.1 Å². The Balaban J connectivity index is 1.23. The number of urea groups is 1. The Bertz CT molecular complexity index is 637. The number of rotatable bonds is 8. The number of carbonyl (C=O) groups excluding carboxylic acids is 1. The quantitative estimate of drug-likeness (QED) is 0.713. The zero-order valence-corrected chi connectivity index (χ0v) is 15.2. The van der Waals surface area contributed by atoms with Gasteiger partial charge in [-0.3, -0.25) is 4.90 Å². The molecular formula is C20H28N4O2. The number of hydrogen-bond donors (Lipinski definition) is 2. The topological polar surface area (TPSA) is 60.8 Å². The van der Waals surface area contributed by atoms with Crippen molar-refractivity contribution in [2.24, 2.45) is 0 Å². The maximum Gasteiger partial charge on any atom is 0.315 e. The van der Waals surface area contributed by atoms with Gasteiger partial charge in [0.1, 0.15) is 5.76 Å². The first kappa shape index (κ1) is 18.5. The first-order valence-corrected chi connectivity index (χ1v) is 9.32. The molecule has 6 heteroatoms. The van der Waals surface area contributed by atoms with Crippen LogP contribution in [0.4, 0.5) is 4.79 Å². The second kappa shape index (κ2) is 9.99. The van der Waals surface area contributed by atoms with Gasteiger partial charge in [-0.05, 0) is 30.7 Å². The van der Waals surface area contributed by atoms with Crippen LogP contribution in [0.3, 0.4) is 0 Å². The van der Waals surface area contributed by atoms with E-state index in [2.05, 4.69) is 50.8 Å².